The maximum Gasteiger partial charge on any atom is 0 e. The molecular formula is C12H7N3O2UV-2. The average Bonchev–Trinajstić information content (AvgIpc) is 2.82. The van der Waals surface area contributed by atoms with Crippen molar-refractivity contribution in [2.45, 2.75) is 0 Å². The van der Waals surface area contributed by atoms with Crippen molar-refractivity contribution in [3.63, 3.8) is 0 Å². The van der Waals surface area contributed by atoms with Crippen LogP contribution in [0.5, 0.6) is 0 Å². The zero-order valence-electron chi connectivity index (χ0n) is 9.62. The fourth-order valence-electron chi connectivity index (χ4n) is 1.31. The zero-order valence-corrected chi connectivity index (χ0v) is 15.2. The molecule has 0 aliphatic carbocycles. The molecule has 19 heavy (non-hydrogen) atoms. The van der Waals surface area contributed by atoms with Crippen LogP contribution in [0.3, 0.4) is 0 Å². The van der Waals surface area contributed by atoms with E-state index in [2.05, 4.69) is 26.9 Å². The van der Waals surface area contributed by atoms with Crippen LogP contribution in [0.15, 0.2) is 22.9 Å². The molecule has 2 aromatic rings. The van der Waals surface area contributed by atoms with Crippen molar-refractivity contribution < 1.29 is 57.3 Å². The minimum atomic E-state index is 0. The Morgan fingerprint density at radius 3 is 2.74 bits per heavy atom. The Bertz CT molecular complexity index is 727. The predicted molar refractivity (Wildman–Crippen MR) is 62.4 cm³/mol. The van der Waals surface area contributed by atoms with Gasteiger partial charge in [-0.05, 0) is 0 Å². The number of carbonyl (C=O) groups is 1. The molecule has 0 spiro atoms. The first-order valence-electron chi connectivity index (χ1n) is 4.90. The molecule has 0 saturated heterocycles. The van der Waals surface area contributed by atoms with Gasteiger partial charge in [-0.15, -0.1) is 0 Å². The molecule has 0 fully saturated rings. The molecule has 0 amide bonds. The summed E-state index contributed by atoms with van der Waals surface area (Å²) in [6.45, 7) is 5.67. The molecule has 2 rings (SSSR count). The van der Waals surface area contributed by atoms with Gasteiger partial charge in [-0.2, -0.15) is 0 Å². The summed E-state index contributed by atoms with van der Waals surface area (Å²) < 4.78 is 5.92. The molecule has 0 atom stereocenters. The summed E-state index contributed by atoms with van der Waals surface area (Å²) in [5.74, 6) is 0.790. The van der Waals surface area contributed by atoms with Crippen LogP contribution >= 0.6 is 0 Å². The Morgan fingerprint density at radius 1 is 1.42 bits per heavy atom. The van der Waals surface area contributed by atoms with Crippen molar-refractivity contribution >= 4 is 29.0 Å². The van der Waals surface area contributed by atoms with E-state index in [-0.39, 0.29) is 48.0 Å². The third-order valence-electron chi connectivity index (χ3n) is 2.19. The molecule has 2 heterocycles. The van der Waals surface area contributed by atoms with Crippen LogP contribution < -0.4 is 10.6 Å². The molecule has 0 aliphatic rings. The normalized spacial score (nSPS) is 10.8. The molecule has 0 unspecified atom stereocenters. The minimum absolute atomic E-state index is 0. The molecule has 1 N–H and O–H groups in total. The maximum atomic E-state index is 10.5. The van der Waals surface area contributed by atoms with Crippen LogP contribution in [0.25, 0.3) is 18.4 Å². The smallest absolute Gasteiger partial charge is 0 e. The quantitative estimate of drug-likeness (QED) is 0.439. The molecule has 0 bridgehead atoms. The number of aldehydes is 1. The largest absolute Gasteiger partial charge is 0 e. The fourth-order valence-corrected chi connectivity index (χ4v) is 1.70. The monoisotopic (exact) mass is 514 g/mol. The maximum absolute atomic E-state index is 10.5. The number of hydrogen-bond donors (Lipinski definition) is 0. The summed E-state index contributed by atoms with van der Waals surface area (Å²) >= 11 is 2.29. The van der Waals surface area contributed by atoms with E-state index in [0.717, 1.165) is 0 Å². The van der Waals surface area contributed by atoms with E-state index >= 15 is 0 Å². The van der Waals surface area contributed by atoms with Gasteiger partial charge in [0.25, 0.3) is 0 Å². The van der Waals surface area contributed by atoms with Gasteiger partial charge in [-0.3, -0.25) is 0 Å². The fraction of sp³-hybridized carbons (Fsp3) is 0. The van der Waals surface area contributed by atoms with Gasteiger partial charge in [0, 0.05) is 31.1 Å². The van der Waals surface area contributed by atoms with Crippen molar-refractivity contribution in [1.82, 2.24) is 9.97 Å². The second-order valence-corrected chi connectivity index (χ2v) is 4.12. The number of nitrogens with one attached hydrogen (secondary N) is 1. The van der Waals surface area contributed by atoms with E-state index in [9.17, 15) is 4.79 Å². The minimum Gasteiger partial charge on any atom is 0 e. The summed E-state index contributed by atoms with van der Waals surface area (Å²) in [4.78, 5) is 18.1. The molecule has 7 heteroatoms. The molecule has 0 aliphatic heterocycles. The van der Waals surface area contributed by atoms with Crippen molar-refractivity contribution in [3.8, 4) is 0 Å². The van der Waals surface area contributed by atoms with Gasteiger partial charge in [-0.1, -0.05) is 0 Å². The molecule has 0 radical (unpaired) electrons. The Hall–Kier alpha value is -0.924. The van der Waals surface area contributed by atoms with E-state index in [4.69, 9.17) is 16.7 Å². The number of aromatic nitrogens is 2. The third-order valence-corrected chi connectivity index (χ3v) is 2.74. The first kappa shape index (κ1) is 16.1. The zero-order chi connectivity index (χ0) is 13.1. The van der Waals surface area contributed by atoms with Gasteiger partial charge in [-0.25, -0.2) is 0 Å². The van der Waals surface area contributed by atoms with E-state index in [0.29, 0.717) is 21.5 Å². The van der Waals surface area contributed by atoms with Crippen LogP contribution in [0, 0.1) is 31.1 Å². The molecule has 0 aromatic carbocycles. The standard InChI is InChI=1S/C12H7N3O2.U.V/c1-8-11(12(13)15-7-14-8)5-4-9-2-3-10(6-16)17-9;;/h1-3,5-7H,(H-,13,14,15);;/q-2;;/b11-5+;;. The Morgan fingerprint density at radius 2 is 2.16 bits per heavy atom. The van der Waals surface area contributed by atoms with Gasteiger partial charge in [0.05, 0.1) is 0 Å². The SMILES string of the molecule is [CH-]=c1ncnc([NH-])/c1=C/[C](=[V])c1ccc(C=O)o1.[U]. The van der Waals surface area contributed by atoms with Gasteiger partial charge < -0.3 is 0 Å². The van der Waals surface area contributed by atoms with E-state index in [1.54, 1.807) is 18.2 Å². The molecule has 2 aromatic heterocycles. The van der Waals surface area contributed by atoms with Gasteiger partial charge >= 0.3 is 111 Å². The van der Waals surface area contributed by atoms with Crippen LogP contribution in [-0.2, 0) is 17.0 Å². The Balaban J connectivity index is 0.00000180. The van der Waals surface area contributed by atoms with Crippen LogP contribution in [0.2, 0.25) is 0 Å². The summed E-state index contributed by atoms with van der Waals surface area (Å²) in [5, 5.41) is 0.637. The van der Waals surface area contributed by atoms with E-state index in [1.165, 1.54) is 6.33 Å². The summed E-state index contributed by atoms with van der Waals surface area (Å²) in [7, 11) is 0. The second kappa shape index (κ2) is 7.02. The van der Waals surface area contributed by atoms with E-state index < -0.39 is 0 Å². The van der Waals surface area contributed by atoms with E-state index in [1.807, 2.05) is 0 Å². The average molecular weight is 514 g/mol. The number of rotatable bonds is 3. The second-order valence-electron chi connectivity index (χ2n) is 3.37. The first-order chi connectivity index (χ1) is 8.61. The topological polar surface area (TPSA) is 79.8 Å². The van der Waals surface area contributed by atoms with Gasteiger partial charge in [0.1, 0.15) is 0 Å². The van der Waals surface area contributed by atoms with Crippen LogP contribution in [-0.4, -0.2) is 20.5 Å². The van der Waals surface area contributed by atoms with Crippen molar-refractivity contribution in [3.05, 3.63) is 46.3 Å². The first-order valence-corrected chi connectivity index (χ1v) is 5.59. The number of carbonyl (C=O) groups excluding carboxylic acids is 1. The van der Waals surface area contributed by atoms with Crippen molar-refractivity contribution in [2.75, 3.05) is 0 Å². The molecule has 5 nitrogen and oxygen atoms in total. The summed E-state index contributed by atoms with van der Waals surface area (Å²) in [6, 6.07) is 3.23. The van der Waals surface area contributed by atoms with Crippen molar-refractivity contribution in [1.29, 1.82) is 0 Å². The number of nitrogens with zero attached hydrogens (tertiary/aromatic N) is 2. The van der Waals surface area contributed by atoms with Crippen LogP contribution in [0.1, 0.15) is 16.3 Å². The Labute approximate surface area is 141 Å². The molecule has 93 valence electrons. The number of hydrogen-bond acceptors (Lipinski definition) is 4. The summed E-state index contributed by atoms with van der Waals surface area (Å²) in [5.41, 5.74) is 7.64. The van der Waals surface area contributed by atoms with Crippen molar-refractivity contribution in [2.24, 2.45) is 0 Å². The predicted octanol–water partition coefficient (Wildman–Crippen LogP) is 0.401. The van der Waals surface area contributed by atoms with Gasteiger partial charge in [0.15, 0.2) is 0 Å². The molecular weight excluding hydrogens is 507 g/mol. The third kappa shape index (κ3) is 3.77. The number of furan rings is 1. The molecule has 0 saturated carbocycles. The van der Waals surface area contributed by atoms with Gasteiger partial charge in [0.2, 0.25) is 0 Å². The Kier molecular flexibility index (Phi) is 5.96. The summed E-state index contributed by atoms with van der Waals surface area (Å²) in [6.07, 6.45) is 3.49. The van der Waals surface area contributed by atoms with Crippen LogP contribution in [0.4, 0.5) is 5.82 Å².